The van der Waals surface area contributed by atoms with Gasteiger partial charge in [-0.1, -0.05) is 18.2 Å². The van der Waals surface area contributed by atoms with Crippen molar-refractivity contribution in [2.45, 2.75) is 19.9 Å². The maximum absolute atomic E-state index is 13.0. The average Bonchev–Trinajstić information content (AvgIpc) is 3.58. The molecule has 3 aromatic heterocycles. The van der Waals surface area contributed by atoms with Crippen LogP contribution in [0.15, 0.2) is 79.5 Å². The lowest BCUT2D eigenvalue weighted by molar-refractivity contribution is 0.102. The first-order chi connectivity index (χ1) is 19.0. The number of nitrogens with one attached hydrogen (secondary N) is 1. The summed E-state index contributed by atoms with van der Waals surface area (Å²) >= 11 is 0. The number of hydrogen-bond acceptors (Lipinski definition) is 6. The molecule has 1 amide bonds. The third-order valence-corrected chi connectivity index (χ3v) is 7.31. The summed E-state index contributed by atoms with van der Waals surface area (Å²) in [5, 5.41) is 11.9. The van der Waals surface area contributed by atoms with Gasteiger partial charge in [-0.3, -0.25) is 9.69 Å². The molecule has 6 rings (SSSR count). The number of carbonyl (C=O) groups is 1. The number of nitrogens with zero attached hydrogens (tertiary/aromatic N) is 7. The van der Waals surface area contributed by atoms with Crippen molar-refractivity contribution in [1.29, 1.82) is 0 Å². The number of fused-ring (bicyclic) bond motifs is 1. The van der Waals surface area contributed by atoms with Crippen LogP contribution in [0.4, 0.5) is 5.69 Å². The van der Waals surface area contributed by atoms with Crippen molar-refractivity contribution in [3.63, 3.8) is 0 Å². The van der Waals surface area contributed by atoms with Gasteiger partial charge in [-0.2, -0.15) is 10.2 Å². The lowest BCUT2D eigenvalue weighted by atomic mass is 10.1. The molecular formula is C30H32N8O. The van der Waals surface area contributed by atoms with Gasteiger partial charge in [0.15, 0.2) is 5.65 Å². The van der Waals surface area contributed by atoms with Crippen molar-refractivity contribution in [1.82, 2.24) is 34.2 Å². The van der Waals surface area contributed by atoms with E-state index in [0.717, 1.165) is 66.4 Å². The molecule has 0 radical (unpaired) electrons. The Kier molecular flexibility index (Phi) is 6.91. The molecule has 0 unspecified atom stereocenters. The van der Waals surface area contributed by atoms with Gasteiger partial charge in [0.2, 0.25) is 0 Å². The molecule has 1 saturated heterocycles. The summed E-state index contributed by atoms with van der Waals surface area (Å²) < 4.78 is 3.57. The summed E-state index contributed by atoms with van der Waals surface area (Å²) in [6.45, 7) is 7.36. The minimum atomic E-state index is -0.132. The van der Waals surface area contributed by atoms with Crippen LogP contribution < -0.4 is 5.32 Å². The van der Waals surface area contributed by atoms with E-state index in [0.29, 0.717) is 5.56 Å². The van der Waals surface area contributed by atoms with Crippen LogP contribution in [0.2, 0.25) is 0 Å². The molecule has 0 atom stereocenters. The zero-order valence-corrected chi connectivity index (χ0v) is 22.3. The van der Waals surface area contributed by atoms with Gasteiger partial charge in [0.1, 0.15) is 0 Å². The van der Waals surface area contributed by atoms with Crippen LogP contribution in [0.25, 0.3) is 22.5 Å². The van der Waals surface area contributed by atoms with Crippen molar-refractivity contribution >= 4 is 17.2 Å². The number of benzene rings is 2. The van der Waals surface area contributed by atoms with Crippen molar-refractivity contribution in [2.75, 3.05) is 38.5 Å². The normalized spacial score (nSPS) is 14.9. The third kappa shape index (κ3) is 5.59. The number of amides is 1. The zero-order valence-electron chi connectivity index (χ0n) is 22.3. The molecule has 9 nitrogen and oxygen atoms in total. The maximum atomic E-state index is 13.0. The highest BCUT2D eigenvalue weighted by Crippen LogP contribution is 2.24. The van der Waals surface area contributed by atoms with E-state index in [1.54, 1.807) is 10.7 Å². The van der Waals surface area contributed by atoms with Crippen LogP contribution in [0.3, 0.4) is 0 Å². The van der Waals surface area contributed by atoms with Gasteiger partial charge in [0.05, 0.1) is 18.1 Å². The number of carbonyl (C=O) groups excluding carboxylic acids is 1. The van der Waals surface area contributed by atoms with Crippen LogP contribution in [-0.2, 0) is 6.54 Å². The monoisotopic (exact) mass is 520 g/mol. The summed E-state index contributed by atoms with van der Waals surface area (Å²) in [5.74, 6) is -0.132. The standard InChI is InChI=1S/C30H32N8O/c1-22-4-9-27(16-28(22)37-20-26(18-33-37)25-17-31-29-10-11-32-38(29)21-25)34-30(39)24-7-5-23(6-8-24)19-36-13-3-12-35(2)14-15-36/h4-11,16-18,20-21H,3,12-15,19H2,1-2H3,(H,34,39). The number of likely N-dealkylation sites (N-methyl/N-ethyl adjacent to an activating group) is 1. The number of anilines is 1. The first-order valence-corrected chi connectivity index (χ1v) is 13.3. The summed E-state index contributed by atoms with van der Waals surface area (Å²) in [6.07, 6.45) is 10.4. The van der Waals surface area contributed by atoms with Crippen molar-refractivity contribution in [3.05, 3.63) is 96.2 Å². The molecule has 0 saturated carbocycles. The molecular weight excluding hydrogens is 488 g/mol. The van der Waals surface area contributed by atoms with Crippen molar-refractivity contribution < 1.29 is 4.79 Å². The fraction of sp³-hybridized carbons (Fsp3) is 0.267. The molecule has 0 aliphatic carbocycles. The Morgan fingerprint density at radius 1 is 0.923 bits per heavy atom. The van der Waals surface area contributed by atoms with Gasteiger partial charge in [0.25, 0.3) is 5.91 Å². The Morgan fingerprint density at radius 3 is 2.64 bits per heavy atom. The number of rotatable bonds is 6. The molecule has 5 aromatic rings. The fourth-order valence-electron chi connectivity index (χ4n) is 4.98. The van der Waals surface area contributed by atoms with E-state index < -0.39 is 0 Å². The molecule has 1 aliphatic rings. The van der Waals surface area contributed by atoms with Gasteiger partial charge >= 0.3 is 0 Å². The van der Waals surface area contributed by atoms with Gasteiger partial charge in [-0.15, -0.1) is 0 Å². The van der Waals surface area contributed by atoms with Crippen LogP contribution in [-0.4, -0.2) is 73.3 Å². The first-order valence-electron chi connectivity index (χ1n) is 13.3. The quantitative estimate of drug-likeness (QED) is 0.360. The van der Waals surface area contributed by atoms with Gasteiger partial charge in [-0.25, -0.2) is 14.2 Å². The van der Waals surface area contributed by atoms with E-state index in [1.807, 2.05) is 72.8 Å². The largest absolute Gasteiger partial charge is 0.322 e. The van der Waals surface area contributed by atoms with Crippen molar-refractivity contribution in [3.8, 4) is 16.8 Å². The van der Waals surface area contributed by atoms with E-state index in [2.05, 4.69) is 49.5 Å². The second-order valence-electron chi connectivity index (χ2n) is 10.2. The van der Waals surface area contributed by atoms with Crippen LogP contribution in [0.5, 0.6) is 0 Å². The van der Waals surface area contributed by atoms with E-state index in [-0.39, 0.29) is 5.91 Å². The predicted octanol–water partition coefficient (Wildman–Crippen LogP) is 4.28. The van der Waals surface area contributed by atoms with Crippen molar-refractivity contribution in [2.24, 2.45) is 0 Å². The zero-order chi connectivity index (χ0) is 26.8. The first kappa shape index (κ1) is 25.0. The van der Waals surface area contributed by atoms with E-state index in [1.165, 1.54) is 12.0 Å². The summed E-state index contributed by atoms with van der Waals surface area (Å²) in [6, 6.07) is 15.7. The molecule has 1 aliphatic heterocycles. The summed E-state index contributed by atoms with van der Waals surface area (Å²) in [5.41, 5.74) is 7.18. The van der Waals surface area contributed by atoms with Gasteiger partial charge < -0.3 is 10.2 Å². The van der Waals surface area contributed by atoms with Crippen LogP contribution in [0, 0.1) is 6.92 Å². The molecule has 2 aromatic carbocycles. The predicted molar refractivity (Wildman–Crippen MR) is 152 cm³/mol. The van der Waals surface area contributed by atoms with E-state index >= 15 is 0 Å². The van der Waals surface area contributed by atoms with E-state index in [4.69, 9.17) is 0 Å². The lowest BCUT2D eigenvalue weighted by Crippen LogP contribution is -2.28. The number of aryl methyl sites for hydroxylation is 1. The topological polar surface area (TPSA) is 83.6 Å². The molecule has 39 heavy (non-hydrogen) atoms. The Bertz CT molecular complexity index is 1600. The highest BCUT2D eigenvalue weighted by Gasteiger charge is 2.14. The van der Waals surface area contributed by atoms with Crippen LogP contribution >= 0.6 is 0 Å². The Hall–Kier alpha value is -4.34. The number of hydrogen-bond donors (Lipinski definition) is 1. The minimum absolute atomic E-state index is 0.132. The molecule has 198 valence electrons. The van der Waals surface area contributed by atoms with Gasteiger partial charge in [-0.05, 0) is 68.9 Å². The third-order valence-electron chi connectivity index (χ3n) is 7.31. The minimum Gasteiger partial charge on any atom is -0.322 e. The van der Waals surface area contributed by atoms with Gasteiger partial charge in [0, 0.05) is 66.7 Å². The maximum Gasteiger partial charge on any atom is 0.255 e. The molecule has 0 spiro atoms. The SMILES string of the molecule is Cc1ccc(NC(=O)c2ccc(CN3CCCN(C)CC3)cc2)cc1-n1cc(-c2cnc3ccnn3c2)cn1. The Labute approximate surface area is 227 Å². The average molecular weight is 521 g/mol. The molecule has 4 heterocycles. The second-order valence-corrected chi connectivity index (χ2v) is 10.2. The summed E-state index contributed by atoms with van der Waals surface area (Å²) in [7, 11) is 2.18. The fourth-order valence-corrected chi connectivity index (χ4v) is 4.98. The smallest absolute Gasteiger partial charge is 0.255 e. The molecule has 1 N–H and O–H groups in total. The highest BCUT2D eigenvalue weighted by molar-refractivity contribution is 6.04. The molecule has 9 heteroatoms. The number of aromatic nitrogens is 5. The Balaban J connectivity index is 1.14. The van der Waals surface area contributed by atoms with Crippen LogP contribution in [0.1, 0.15) is 27.9 Å². The summed E-state index contributed by atoms with van der Waals surface area (Å²) in [4.78, 5) is 22.4. The second kappa shape index (κ2) is 10.8. The lowest BCUT2D eigenvalue weighted by Gasteiger charge is -2.20. The highest BCUT2D eigenvalue weighted by atomic mass is 16.1. The molecule has 1 fully saturated rings. The van der Waals surface area contributed by atoms with E-state index in [9.17, 15) is 4.79 Å². The Morgan fingerprint density at radius 2 is 1.77 bits per heavy atom. The molecule has 0 bridgehead atoms.